The van der Waals surface area contributed by atoms with Gasteiger partial charge in [0.1, 0.15) is 0 Å². The Bertz CT molecular complexity index is 755. The van der Waals surface area contributed by atoms with E-state index in [-0.39, 0.29) is 24.7 Å². The summed E-state index contributed by atoms with van der Waals surface area (Å²) in [6, 6.07) is 11.5. The summed E-state index contributed by atoms with van der Waals surface area (Å²) in [4.78, 5) is 31.3. The Kier molecular flexibility index (Phi) is 8.58. The molecule has 3 N–H and O–H groups in total. The number of rotatable bonds is 7. The summed E-state index contributed by atoms with van der Waals surface area (Å²) in [6.07, 6.45) is 6.02. The molecule has 2 saturated heterocycles. The van der Waals surface area contributed by atoms with Crippen molar-refractivity contribution in [3.63, 3.8) is 0 Å². The Labute approximate surface area is 197 Å². The van der Waals surface area contributed by atoms with Crippen molar-refractivity contribution in [1.29, 1.82) is 0 Å². The van der Waals surface area contributed by atoms with Crippen molar-refractivity contribution in [2.75, 3.05) is 45.8 Å². The van der Waals surface area contributed by atoms with E-state index in [4.69, 9.17) is 5.11 Å². The fourth-order valence-electron chi connectivity index (χ4n) is 5.59. The Morgan fingerprint density at radius 1 is 0.970 bits per heavy atom. The fraction of sp³-hybridized carbons (Fsp3) is 0.680. The molecule has 0 atom stereocenters. The van der Waals surface area contributed by atoms with Gasteiger partial charge in [0.2, 0.25) is 0 Å². The fourth-order valence-corrected chi connectivity index (χ4v) is 5.59. The number of carboxylic acid groups (broad SMARTS) is 1. The summed E-state index contributed by atoms with van der Waals surface area (Å²) in [7, 11) is 0. The second kappa shape index (κ2) is 11.8. The van der Waals surface area contributed by atoms with E-state index in [0.717, 1.165) is 70.5 Å². The molecule has 2 heterocycles. The quantitative estimate of drug-likeness (QED) is 0.580. The highest BCUT2D eigenvalue weighted by atomic mass is 16.4. The maximum Gasteiger partial charge on any atom is 0.320 e. The lowest BCUT2D eigenvalue weighted by molar-refractivity contribution is -0.136. The second-order valence-corrected chi connectivity index (χ2v) is 9.68. The number of urea groups is 1. The van der Waals surface area contributed by atoms with Crippen molar-refractivity contribution in [3.05, 3.63) is 35.9 Å². The van der Waals surface area contributed by atoms with E-state index >= 15 is 0 Å². The molecule has 0 unspecified atom stereocenters. The number of aliphatic carboxylic acids is 1. The molecule has 1 saturated carbocycles. The van der Waals surface area contributed by atoms with E-state index in [1.165, 1.54) is 12.8 Å². The number of piperidine rings is 1. The lowest BCUT2D eigenvalue weighted by Crippen LogP contribution is -2.57. The zero-order valence-electron chi connectivity index (χ0n) is 19.6. The first-order chi connectivity index (χ1) is 16.1. The van der Waals surface area contributed by atoms with Gasteiger partial charge < -0.3 is 25.5 Å². The molecular weight excluding hydrogens is 418 g/mol. The van der Waals surface area contributed by atoms with E-state index in [0.29, 0.717) is 12.6 Å². The number of carbonyl (C=O) groups excluding carboxylic acids is 1. The van der Waals surface area contributed by atoms with Crippen LogP contribution in [0.25, 0.3) is 0 Å². The number of nitrogens with zero attached hydrogens (tertiary/aromatic N) is 3. The predicted octanol–water partition coefficient (Wildman–Crippen LogP) is 1.96. The van der Waals surface area contributed by atoms with Crippen LogP contribution in [0.3, 0.4) is 0 Å². The third kappa shape index (κ3) is 6.68. The van der Waals surface area contributed by atoms with Crippen molar-refractivity contribution in [2.45, 2.75) is 63.2 Å². The van der Waals surface area contributed by atoms with Gasteiger partial charge in [-0.15, -0.1) is 0 Å². The summed E-state index contributed by atoms with van der Waals surface area (Å²) < 4.78 is 0. The van der Waals surface area contributed by atoms with Crippen LogP contribution in [0.4, 0.5) is 4.79 Å². The van der Waals surface area contributed by atoms with Crippen molar-refractivity contribution in [2.24, 2.45) is 0 Å². The Morgan fingerprint density at radius 3 is 2.27 bits per heavy atom. The number of hydrogen-bond donors (Lipinski definition) is 3. The van der Waals surface area contributed by atoms with E-state index < -0.39 is 5.97 Å². The maximum atomic E-state index is 13.7. The van der Waals surface area contributed by atoms with Gasteiger partial charge in [0, 0.05) is 50.8 Å². The molecule has 8 nitrogen and oxygen atoms in total. The van der Waals surface area contributed by atoms with Gasteiger partial charge in [-0.1, -0.05) is 30.3 Å². The van der Waals surface area contributed by atoms with Gasteiger partial charge in [0.25, 0.3) is 0 Å². The monoisotopic (exact) mass is 457 g/mol. The minimum Gasteiger partial charge on any atom is -0.480 e. The van der Waals surface area contributed by atoms with Crippen molar-refractivity contribution in [3.8, 4) is 0 Å². The van der Waals surface area contributed by atoms with Crippen LogP contribution in [0.1, 0.15) is 44.1 Å². The molecule has 8 heteroatoms. The largest absolute Gasteiger partial charge is 0.480 e. The van der Waals surface area contributed by atoms with Gasteiger partial charge >= 0.3 is 12.0 Å². The minimum atomic E-state index is -0.818. The Balaban J connectivity index is 1.36. The number of carboxylic acids is 1. The third-order valence-electron chi connectivity index (χ3n) is 7.53. The number of benzene rings is 1. The van der Waals surface area contributed by atoms with Gasteiger partial charge in [0.15, 0.2) is 0 Å². The number of piperazine rings is 1. The minimum absolute atomic E-state index is 0.00330. The molecule has 0 radical (unpaired) electrons. The summed E-state index contributed by atoms with van der Waals surface area (Å²) in [6.45, 7) is 6.34. The molecule has 1 aromatic rings. The SMILES string of the molecule is O=C(O)CNC1CCC(N(Cc2ccccc2)C(=O)N2CCN(C3CCNCC3)CC2)CC1. The average molecular weight is 458 g/mol. The van der Waals surface area contributed by atoms with Crippen molar-refractivity contribution in [1.82, 2.24) is 25.3 Å². The molecule has 4 rings (SSSR count). The zero-order valence-corrected chi connectivity index (χ0v) is 19.6. The van der Waals surface area contributed by atoms with Crippen molar-refractivity contribution >= 4 is 12.0 Å². The standard InChI is InChI=1S/C25H39N5O3/c31-24(32)18-27-21-6-8-23(9-7-21)30(19-20-4-2-1-3-5-20)25(33)29-16-14-28(15-17-29)22-10-12-26-13-11-22/h1-5,21-23,26-27H,6-19H2,(H,31,32). The van der Waals surface area contributed by atoms with Crippen LogP contribution >= 0.6 is 0 Å². The Hall–Kier alpha value is -2.16. The summed E-state index contributed by atoms with van der Waals surface area (Å²) in [5.74, 6) is -0.818. The van der Waals surface area contributed by atoms with Gasteiger partial charge in [-0.05, 0) is 57.2 Å². The van der Waals surface area contributed by atoms with E-state index in [1.807, 2.05) is 18.2 Å². The first kappa shape index (κ1) is 24.0. The van der Waals surface area contributed by atoms with E-state index in [1.54, 1.807) is 0 Å². The molecule has 1 aliphatic carbocycles. The molecule has 0 aromatic heterocycles. The molecule has 182 valence electrons. The molecule has 2 amide bonds. The van der Waals surface area contributed by atoms with Crippen molar-refractivity contribution < 1.29 is 14.7 Å². The smallest absolute Gasteiger partial charge is 0.320 e. The highest BCUT2D eigenvalue weighted by Crippen LogP contribution is 2.26. The number of nitrogens with one attached hydrogen (secondary N) is 2. The lowest BCUT2D eigenvalue weighted by Gasteiger charge is -2.44. The summed E-state index contributed by atoms with van der Waals surface area (Å²) in [5.41, 5.74) is 1.16. The first-order valence-corrected chi connectivity index (χ1v) is 12.6. The highest BCUT2D eigenvalue weighted by Gasteiger charge is 2.34. The third-order valence-corrected chi connectivity index (χ3v) is 7.53. The van der Waals surface area contributed by atoms with Crippen LogP contribution in [-0.2, 0) is 11.3 Å². The number of amides is 2. The average Bonchev–Trinajstić information content (AvgIpc) is 2.87. The van der Waals surface area contributed by atoms with Crippen LogP contribution < -0.4 is 10.6 Å². The molecule has 2 aliphatic heterocycles. The topological polar surface area (TPSA) is 88.1 Å². The van der Waals surface area contributed by atoms with Crippen LogP contribution in [-0.4, -0.2) is 95.7 Å². The van der Waals surface area contributed by atoms with Crippen LogP contribution in [0.15, 0.2) is 30.3 Å². The molecular formula is C25H39N5O3. The molecule has 0 spiro atoms. The summed E-state index contributed by atoms with van der Waals surface area (Å²) >= 11 is 0. The van der Waals surface area contributed by atoms with Crippen LogP contribution in [0.2, 0.25) is 0 Å². The van der Waals surface area contributed by atoms with Crippen LogP contribution in [0, 0.1) is 0 Å². The van der Waals surface area contributed by atoms with Crippen LogP contribution in [0.5, 0.6) is 0 Å². The molecule has 1 aromatic carbocycles. The first-order valence-electron chi connectivity index (χ1n) is 12.6. The molecule has 3 aliphatic rings. The lowest BCUT2D eigenvalue weighted by atomic mass is 9.90. The van der Waals surface area contributed by atoms with Gasteiger partial charge in [-0.3, -0.25) is 9.69 Å². The van der Waals surface area contributed by atoms with E-state index in [2.05, 4.69) is 37.5 Å². The molecule has 33 heavy (non-hydrogen) atoms. The second-order valence-electron chi connectivity index (χ2n) is 9.68. The van der Waals surface area contributed by atoms with Gasteiger partial charge in [0.05, 0.1) is 6.54 Å². The normalized spacial score (nSPS) is 25.0. The molecule has 3 fully saturated rings. The maximum absolute atomic E-state index is 13.7. The number of carbonyl (C=O) groups is 2. The predicted molar refractivity (Wildman–Crippen MR) is 128 cm³/mol. The Morgan fingerprint density at radius 2 is 1.64 bits per heavy atom. The van der Waals surface area contributed by atoms with E-state index in [9.17, 15) is 9.59 Å². The highest BCUT2D eigenvalue weighted by molar-refractivity contribution is 5.75. The molecule has 0 bridgehead atoms. The summed E-state index contributed by atoms with van der Waals surface area (Å²) in [5, 5.41) is 15.5. The number of hydrogen-bond acceptors (Lipinski definition) is 5. The van der Waals surface area contributed by atoms with Gasteiger partial charge in [-0.25, -0.2) is 4.79 Å². The van der Waals surface area contributed by atoms with Gasteiger partial charge in [-0.2, -0.15) is 0 Å². The zero-order chi connectivity index (χ0) is 23.0.